The van der Waals surface area contributed by atoms with E-state index in [4.69, 9.17) is 13.8 Å². The summed E-state index contributed by atoms with van der Waals surface area (Å²) in [5.74, 6) is -0.516. The number of allylic oxidation sites excluding steroid dienone is 5. The van der Waals surface area contributed by atoms with E-state index in [9.17, 15) is 19.0 Å². The zero-order chi connectivity index (χ0) is 64.9. The molecule has 526 valence electrons. The maximum Gasteiger partial charge on any atom is 0.306 e. The molecule has 3 atom stereocenters. The van der Waals surface area contributed by atoms with Gasteiger partial charge in [-0.3, -0.25) is 14.2 Å². The van der Waals surface area contributed by atoms with Crippen molar-refractivity contribution in [3.05, 3.63) is 36.5 Å². The van der Waals surface area contributed by atoms with Crippen LogP contribution in [0.25, 0.3) is 0 Å². The maximum absolute atomic E-state index is 13.6. The molecular weight excluding hydrogens is 1120 g/mol. The smallest absolute Gasteiger partial charge is 0.306 e. The van der Waals surface area contributed by atoms with Crippen LogP contribution in [0, 0.1) is 0 Å². The average Bonchev–Trinajstić information content (AvgIpc) is 3.71. The Morgan fingerprint density at radius 1 is 0.393 bits per heavy atom. The van der Waals surface area contributed by atoms with Crippen molar-refractivity contribution in [1.29, 1.82) is 0 Å². The molecule has 10 heteroatoms. The molecule has 0 aromatic rings. The van der Waals surface area contributed by atoms with Crippen LogP contribution in [-0.2, 0) is 27.9 Å². The van der Waals surface area contributed by atoms with E-state index in [-0.39, 0.29) is 31.5 Å². The minimum absolute atomic E-state index is 0.0184. The number of rotatable bonds is 73. The van der Waals surface area contributed by atoms with E-state index < -0.39 is 20.0 Å². The first-order valence-electron chi connectivity index (χ1n) is 39.3. The number of esters is 1. The SMILES string of the molecule is CCCCC/C=C\C/C=C\CCCCCCCCCCCCCCCCCCCC(=O)OC(/C=C/CCCCCCCCCCC)C(COP(=O)([O-])OCC[N+](C)(C)C)NC(=O)CCCCCCCCCCCCCCCCCCCCCCCCCCC. The van der Waals surface area contributed by atoms with E-state index in [1.165, 1.54) is 308 Å². The average molecular weight is 1270 g/mol. The summed E-state index contributed by atoms with van der Waals surface area (Å²) in [7, 11) is 1.21. The number of ether oxygens (including phenoxy) is 1. The second kappa shape index (κ2) is 69.1. The van der Waals surface area contributed by atoms with Gasteiger partial charge in [-0.25, -0.2) is 0 Å². The van der Waals surface area contributed by atoms with Gasteiger partial charge in [0.05, 0.1) is 33.8 Å². The molecule has 1 amide bonds. The fourth-order valence-electron chi connectivity index (χ4n) is 12.0. The summed E-state index contributed by atoms with van der Waals surface area (Å²) in [4.78, 5) is 40.3. The first-order chi connectivity index (χ1) is 43.4. The van der Waals surface area contributed by atoms with Crippen molar-refractivity contribution in [2.75, 3.05) is 40.9 Å². The van der Waals surface area contributed by atoms with Crippen molar-refractivity contribution < 1.29 is 37.3 Å². The second-order valence-corrected chi connectivity index (χ2v) is 29.6. The molecular formula is C79H153N2O7P. The van der Waals surface area contributed by atoms with Crippen molar-refractivity contribution in [2.45, 2.75) is 418 Å². The van der Waals surface area contributed by atoms with Crippen LogP contribution < -0.4 is 10.2 Å². The van der Waals surface area contributed by atoms with E-state index in [2.05, 4.69) is 50.4 Å². The number of carbonyl (C=O) groups excluding carboxylic acids is 2. The zero-order valence-corrected chi connectivity index (χ0v) is 61.3. The summed E-state index contributed by atoms with van der Waals surface area (Å²) >= 11 is 0. The molecule has 0 aliphatic rings. The van der Waals surface area contributed by atoms with Gasteiger partial charge in [-0.05, 0) is 63.9 Å². The molecule has 0 saturated carbocycles. The van der Waals surface area contributed by atoms with Crippen molar-refractivity contribution >= 4 is 19.7 Å². The number of phosphoric acid groups is 1. The van der Waals surface area contributed by atoms with Gasteiger partial charge in [0, 0.05) is 12.8 Å². The topological polar surface area (TPSA) is 114 Å². The molecule has 0 aromatic heterocycles. The lowest BCUT2D eigenvalue weighted by Crippen LogP contribution is -2.47. The van der Waals surface area contributed by atoms with Gasteiger partial charge < -0.3 is 28.5 Å². The van der Waals surface area contributed by atoms with Crippen LogP contribution in [0.15, 0.2) is 36.5 Å². The largest absolute Gasteiger partial charge is 0.756 e. The van der Waals surface area contributed by atoms with Crippen molar-refractivity contribution in [2.24, 2.45) is 0 Å². The van der Waals surface area contributed by atoms with Gasteiger partial charge in [-0.2, -0.15) is 0 Å². The third-order valence-corrected chi connectivity index (χ3v) is 19.0. The number of likely N-dealkylation sites (N-methyl/N-ethyl adjacent to an activating group) is 1. The lowest BCUT2D eigenvalue weighted by molar-refractivity contribution is -0.870. The van der Waals surface area contributed by atoms with Gasteiger partial charge in [0.15, 0.2) is 0 Å². The minimum atomic E-state index is -4.70. The number of quaternary nitrogens is 1. The van der Waals surface area contributed by atoms with E-state index in [1.54, 1.807) is 0 Å². The van der Waals surface area contributed by atoms with Gasteiger partial charge >= 0.3 is 5.97 Å². The first-order valence-corrected chi connectivity index (χ1v) is 40.8. The van der Waals surface area contributed by atoms with Crippen LogP contribution in [0.4, 0.5) is 0 Å². The molecule has 0 saturated heterocycles. The summed E-state index contributed by atoms with van der Waals surface area (Å²) in [5.41, 5.74) is 0. The molecule has 0 radical (unpaired) electrons. The molecule has 0 rings (SSSR count). The minimum Gasteiger partial charge on any atom is -0.756 e. The van der Waals surface area contributed by atoms with E-state index in [0.29, 0.717) is 17.4 Å². The fourth-order valence-corrected chi connectivity index (χ4v) is 12.8. The highest BCUT2D eigenvalue weighted by molar-refractivity contribution is 7.45. The molecule has 1 N–H and O–H groups in total. The molecule has 0 fully saturated rings. The van der Waals surface area contributed by atoms with Crippen molar-refractivity contribution in [3.63, 3.8) is 0 Å². The van der Waals surface area contributed by atoms with Gasteiger partial charge in [-0.15, -0.1) is 0 Å². The molecule has 0 bridgehead atoms. The van der Waals surface area contributed by atoms with E-state index >= 15 is 0 Å². The Labute approximate surface area is 555 Å². The summed E-state index contributed by atoms with van der Waals surface area (Å²) in [5, 5.41) is 3.06. The lowest BCUT2D eigenvalue weighted by atomic mass is 10.0. The van der Waals surface area contributed by atoms with Crippen LogP contribution in [0.2, 0.25) is 0 Å². The molecule has 3 unspecified atom stereocenters. The summed E-state index contributed by atoms with van der Waals surface area (Å²) in [6, 6.07) is -0.884. The first kappa shape index (κ1) is 87.2. The Hall–Kier alpha value is -1.77. The number of nitrogens with zero attached hydrogens (tertiary/aromatic N) is 1. The molecule has 0 aliphatic heterocycles. The predicted molar refractivity (Wildman–Crippen MR) is 386 cm³/mol. The quantitative estimate of drug-likeness (QED) is 0.0212. The molecule has 0 aromatic carbocycles. The van der Waals surface area contributed by atoms with Crippen LogP contribution in [-0.4, -0.2) is 69.4 Å². The number of nitrogens with one attached hydrogen (secondary N) is 1. The highest BCUT2D eigenvalue weighted by Gasteiger charge is 2.27. The van der Waals surface area contributed by atoms with Crippen LogP contribution >= 0.6 is 7.82 Å². The number of phosphoric ester groups is 1. The summed E-state index contributed by atoms with van der Waals surface area (Å²) < 4.78 is 30.5. The van der Waals surface area contributed by atoms with Crippen LogP contribution in [0.3, 0.4) is 0 Å². The Bertz CT molecular complexity index is 1610. The molecule has 9 nitrogen and oxygen atoms in total. The number of hydrogen-bond donors (Lipinski definition) is 1. The maximum atomic E-state index is 13.6. The van der Waals surface area contributed by atoms with Crippen LogP contribution in [0.1, 0.15) is 406 Å². The van der Waals surface area contributed by atoms with Gasteiger partial charge in [-0.1, -0.05) is 366 Å². The van der Waals surface area contributed by atoms with Gasteiger partial charge in [0.1, 0.15) is 19.3 Å². The molecule has 0 aliphatic carbocycles. The Morgan fingerprint density at radius 3 is 1.03 bits per heavy atom. The number of carbonyl (C=O) groups is 2. The number of unbranched alkanes of at least 4 members (excludes halogenated alkanes) is 53. The monoisotopic (exact) mass is 1270 g/mol. The van der Waals surface area contributed by atoms with Gasteiger partial charge in [0.2, 0.25) is 5.91 Å². The van der Waals surface area contributed by atoms with Gasteiger partial charge in [0.25, 0.3) is 7.82 Å². The second-order valence-electron chi connectivity index (χ2n) is 28.2. The number of hydrogen-bond acceptors (Lipinski definition) is 7. The Kier molecular flexibility index (Phi) is 67.7. The van der Waals surface area contributed by atoms with Crippen LogP contribution in [0.5, 0.6) is 0 Å². The van der Waals surface area contributed by atoms with Crippen molar-refractivity contribution in [3.8, 4) is 0 Å². The van der Waals surface area contributed by atoms with Crippen molar-refractivity contribution in [1.82, 2.24) is 5.32 Å². The third-order valence-electron chi connectivity index (χ3n) is 18.1. The fraction of sp³-hybridized carbons (Fsp3) is 0.899. The normalized spacial score (nSPS) is 13.6. The standard InChI is InChI=1S/C79H153N2O7P/c1-7-10-13-16-19-22-25-27-29-31-33-35-37-39-40-42-44-46-48-50-52-54-57-60-63-66-69-72-79(83)88-77(70-67-64-61-58-55-24-21-18-15-12-9-3)76(75-87-89(84,85)86-74-73-81(4,5)6)80-78(82)71-68-65-62-59-56-53-51-49-47-45-43-41-38-36-34-32-30-28-26-23-20-17-14-11-8-2/h19,22,27,29,67,70,76-77H,7-18,20-21,23-26,28,30-66,68-69,71-75H2,1-6H3,(H-,80,82,84,85)/b22-19-,29-27-,70-67+. The highest BCUT2D eigenvalue weighted by Crippen LogP contribution is 2.38. The van der Waals surface area contributed by atoms with E-state index in [1.807, 2.05) is 33.3 Å². The molecule has 0 spiro atoms. The molecule has 0 heterocycles. The number of amides is 1. The Morgan fingerprint density at radius 2 is 0.685 bits per heavy atom. The van der Waals surface area contributed by atoms with E-state index in [0.717, 1.165) is 64.2 Å². The molecule has 89 heavy (non-hydrogen) atoms. The Balaban J connectivity index is 4.85. The lowest BCUT2D eigenvalue weighted by Gasteiger charge is -2.30. The zero-order valence-electron chi connectivity index (χ0n) is 60.4. The predicted octanol–water partition coefficient (Wildman–Crippen LogP) is 24.7. The highest BCUT2D eigenvalue weighted by atomic mass is 31.2. The summed E-state index contributed by atoms with van der Waals surface area (Å²) in [6.07, 6.45) is 87.3. The summed E-state index contributed by atoms with van der Waals surface area (Å²) in [6.45, 7) is 6.89. The third kappa shape index (κ3) is 70.4.